The van der Waals surface area contributed by atoms with Gasteiger partial charge < -0.3 is 24.6 Å². The second-order valence-electron chi connectivity index (χ2n) is 8.47. The number of aromatic nitrogens is 3. The van der Waals surface area contributed by atoms with Crippen LogP contribution in [0.25, 0.3) is 21.8 Å². The van der Waals surface area contributed by atoms with Crippen molar-refractivity contribution in [3.8, 4) is 5.75 Å². The Morgan fingerprint density at radius 2 is 2.06 bits per heavy atom. The number of ether oxygens (including phenoxy) is 1. The first-order valence-electron chi connectivity index (χ1n) is 11.0. The summed E-state index contributed by atoms with van der Waals surface area (Å²) < 4.78 is 22.9. The summed E-state index contributed by atoms with van der Waals surface area (Å²) in [7, 11) is 0. The quantitative estimate of drug-likeness (QED) is 0.478. The first kappa shape index (κ1) is 20.4. The summed E-state index contributed by atoms with van der Waals surface area (Å²) in [5.41, 5.74) is 0.464. The third kappa shape index (κ3) is 3.13. The molecule has 2 N–H and O–H groups in total. The highest BCUT2D eigenvalue weighted by atomic mass is 19.1. The van der Waals surface area contributed by atoms with Crippen LogP contribution in [0, 0.1) is 5.82 Å². The predicted octanol–water partition coefficient (Wildman–Crippen LogP) is 2.87. The number of halogens is 1. The summed E-state index contributed by atoms with van der Waals surface area (Å²) in [4.78, 5) is 34.8. The van der Waals surface area contributed by atoms with E-state index in [1.54, 1.807) is 4.57 Å². The monoisotopic (exact) mass is 461 g/mol. The van der Waals surface area contributed by atoms with E-state index in [1.165, 1.54) is 12.5 Å². The van der Waals surface area contributed by atoms with Crippen LogP contribution in [0.2, 0.25) is 0 Å². The molecule has 34 heavy (non-hydrogen) atoms. The lowest BCUT2D eigenvalue weighted by Gasteiger charge is -2.28. The molecule has 0 aliphatic carbocycles. The van der Waals surface area contributed by atoms with Crippen molar-refractivity contribution in [3.63, 3.8) is 0 Å². The summed E-state index contributed by atoms with van der Waals surface area (Å²) in [5.74, 6) is -0.935. The van der Waals surface area contributed by atoms with E-state index in [1.807, 2.05) is 29.2 Å². The number of benzene rings is 2. The van der Waals surface area contributed by atoms with Crippen LogP contribution in [0.3, 0.4) is 0 Å². The maximum absolute atomic E-state index is 15.4. The largest absolute Gasteiger partial charge is 0.487 e. The fraction of sp³-hybridized carbons (Fsp3) is 0.250. The topological polar surface area (TPSA) is 110 Å². The molecule has 10 heteroatoms. The van der Waals surface area contributed by atoms with Gasteiger partial charge in [0.2, 0.25) is 5.43 Å². The first-order valence-corrected chi connectivity index (χ1v) is 11.0. The molecule has 0 amide bonds. The van der Waals surface area contributed by atoms with Crippen LogP contribution in [0.5, 0.6) is 5.75 Å². The van der Waals surface area contributed by atoms with E-state index >= 15 is 4.39 Å². The number of para-hydroxylation sites is 1. The van der Waals surface area contributed by atoms with Gasteiger partial charge >= 0.3 is 5.97 Å². The molecular formula is C24H20FN5O4. The van der Waals surface area contributed by atoms with Crippen LogP contribution < -0.4 is 20.4 Å². The van der Waals surface area contributed by atoms with E-state index in [4.69, 9.17) is 4.74 Å². The Morgan fingerprint density at radius 3 is 2.91 bits per heavy atom. The minimum absolute atomic E-state index is 0.0113. The number of carbonyl (C=O) groups is 1. The van der Waals surface area contributed by atoms with Gasteiger partial charge in [0.05, 0.1) is 23.0 Å². The number of carboxylic acid groups (broad SMARTS) is 1. The molecule has 4 heterocycles. The van der Waals surface area contributed by atoms with Crippen molar-refractivity contribution in [3.05, 3.63) is 64.5 Å². The highest BCUT2D eigenvalue weighted by Crippen LogP contribution is 2.41. The summed E-state index contributed by atoms with van der Waals surface area (Å²) in [6.45, 7) is 1.72. The minimum Gasteiger partial charge on any atom is -0.487 e. The number of hydrogen-bond acceptors (Lipinski definition) is 7. The molecule has 1 fully saturated rings. The van der Waals surface area contributed by atoms with Gasteiger partial charge in [-0.15, -0.1) is 0 Å². The molecule has 2 aliphatic rings. The first-order chi connectivity index (χ1) is 16.5. The molecule has 6 rings (SSSR count). The Bertz CT molecular complexity index is 1530. The highest BCUT2D eigenvalue weighted by molar-refractivity contribution is 5.97. The van der Waals surface area contributed by atoms with Gasteiger partial charge in [-0.3, -0.25) is 4.79 Å². The van der Waals surface area contributed by atoms with Gasteiger partial charge in [0.25, 0.3) is 0 Å². The Hall–Kier alpha value is -4.21. The zero-order valence-electron chi connectivity index (χ0n) is 18.0. The number of aromatic carboxylic acids is 1. The fourth-order valence-electron chi connectivity index (χ4n) is 4.89. The summed E-state index contributed by atoms with van der Waals surface area (Å²) in [6.07, 6.45) is 3.58. The maximum atomic E-state index is 15.4. The second-order valence-corrected chi connectivity index (χ2v) is 8.47. The Morgan fingerprint density at radius 1 is 1.21 bits per heavy atom. The fourth-order valence-corrected chi connectivity index (χ4v) is 4.89. The van der Waals surface area contributed by atoms with E-state index in [2.05, 4.69) is 15.3 Å². The van der Waals surface area contributed by atoms with E-state index in [9.17, 15) is 14.7 Å². The summed E-state index contributed by atoms with van der Waals surface area (Å²) >= 11 is 0. The van der Waals surface area contributed by atoms with Crippen LogP contribution in [0.4, 0.5) is 15.9 Å². The standard InChI is InChI=1S/C24H20FN5O4/c25-17-9-15-19-22(34-8-7-30(19)11-16(21(15)31)24(32)33)20(17)29-6-5-13(10-29)28-23-14-3-1-2-4-18(14)26-12-27-23/h1-4,9,11-13H,5-8,10H2,(H,32,33)(H,26,27,28)/t13-/m1/s1. The second kappa shape index (κ2) is 7.68. The molecule has 4 aromatic rings. The third-order valence-electron chi connectivity index (χ3n) is 6.44. The number of fused-ring (bicyclic) bond motifs is 1. The smallest absolute Gasteiger partial charge is 0.341 e. The molecule has 2 aliphatic heterocycles. The van der Waals surface area contributed by atoms with Crippen molar-refractivity contribution in [1.29, 1.82) is 0 Å². The molecule has 172 valence electrons. The lowest BCUT2D eigenvalue weighted by molar-refractivity contribution is 0.0694. The van der Waals surface area contributed by atoms with E-state index < -0.39 is 17.2 Å². The number of rotatable bonds is 4. The average molecular weight is 461 g/mol. The molecule has 0 saturated carbocycles. The Balaban J connectivity index is 1.37. The molecule has 0 unspecified atom stereocenters. The van der Waals surface area contributed by atoms with E-state index in [0.29, 0.717) is 30.8 Å². The van der Waals surface area contributed by atoms with Crippen molar-refractivity contribution in [1.82, 2.24) is 14.5 Å². The molecule has 1 saturated heterocycles. The number of nitrogens with one attached hydrogen (secondary N) is 1. The molecule has 9 nitrogen and oxygen atoms in total. The average Bonchev–Trinajstić information content (AvgIpc) is 3.29. The molecular weight excluding hydrogens is 441 g/mol. The van der Waals surface area contributed by atoms with Crippen molar-refractivity contribution in [2.75, 3.05) is 29.9 Å². The van der Waals surface area contributed by atoms with E-state index in [-0.39, 0.29) is 29.3 Å². The number of nitrogens with zero attached hydrogens (tertiary/aromatic N) is 4. The van der Waals surface area contributed by atoms with Crippen LogP contribution >= 0.6 is 0 Å². The van der Waals surface area contributed by atoms with Crippen LogP contribution in [-0.2, 0) is 6.54 Å². The molecule has 2 aromatic heterocycles. The van der Waals surface area contributed by atoms with Gasteiger partial charge in [0.1, 0.15) is 30.0 Å². The zero-order valence-corrected chi connectivity index (χ0v) is 18.0. The highest BCUT2D eigenvalue weighted by Gasteiger charge is 2.32. The van der Waals surface area contributed by atoms with Crippen LogP contribution in [-0.4, -0.2) is 51.3 Å². The van der Waals surface area contributed by atoms with Crippen molar-refractivity contribution < 1.29 is 19.0 Å². The Labute approximate surface area is 192 Å². The number of anilines is 2. The molecule has 1 atom stereocenters. The number of pyridine rings is 1. The molecule has 0 bridgehead atoms. The van der Waals surface area contributed by atoms with Gasteiger partial charge in [-0.1, -0.05) is 12.1 Å². The molecule has 2 aromatic carbocycles. The van der Waals surface area contributed by atoms with Gasteiger partial charge in [-0.2, -0.15) is 0 Å². The lowest BCUT2D eigenvalue weighted by Crippen LogP contribution is -2.29. The van der Waals surface area contributed by atoms with Crippen LogP contribution in [0.1, 0.15) is 16.8 Å². The van der Waals surface area contributed by atoms with Gasteiger partial charge in [-0.25, -0.2) is 19.2 Å². The predicted molar refractivity (Wildman–Crippen MR) is 124 cm³/mol. The molecule has 0 radical (unpaired) electrons. The van der Waals surface area contributed by atoms with Crippen molar-refractivity contribution >= 4 is 39.3 Å². The summed E-state index contributed by atoms with van der Waals surface area (Å²) in [5, 5.41) is 13.8. The Kier molecular flexibility index (Phi) is 4.61. The SMILES string of the molecule is O=C(O)c1cn2c3c(c(N4CC[C@@H](Nc5ncnc6ccccc56)C4)c(F)cc3c1=O)OCC2. The number of carboxylic acids is 1. The maximum Gasteiger partial charge on any atom is 0.341 e. The zero-order chi connectivity index (χ0) is 23.4. The van der Waals surface area contributed by atoms with Gasteiger partial charge in [0.15, 0.2) is 11.6 Å². The lowest BCUT2D eigenvalue weighted by atomic mass is 10.1. The minimum atomic E-state index is -1.33. The van der Waals surface area contributed by atoms with Gasteiger partial charge in [-0.05, 0) is 24.6 Å². The third-order valence-corrected chi connectivity index (χ3v) is 6.44. The number of hydrogen-bond donors (Lipinski definition) is 2. The molecule has 0 spiro atoms. The van der Waals surface area contributed by atoms with Crippen LogP contribution in [0.15, 0.2) is 47.7 Å². The summed E-state index contributed by atoms with van der Waals surface area (Å²) in [6, 6.07) is 8.87. The van der Waals surface area contributed by atoms with E-state index in [0.717, 1.165) is 29.2 Å². The van der Waals surface area contributed by atoms with Crippen molar-refractivity contribution in [2.45, 2.75) is 19.0 Å². The van der Waals surface area contributed by atoms with Crippen molar-refractivity contribution in [2.24, 2.45) is 0 Å². The normalized spacial score (nSPS) is 17.2. The van der Waals surface area contributed by atoms with Gasteiger partial charge in [0, 0.05) is 30.7 Å².